The van der Waals surface area contributed by atoms with E-state index >= 15 is 0 Å². The van der Waals surface area contributed by atoms with E-state index in [0.717, 1.165) is 33.5 Å². The van der Waals surface area contributed by atoms with Gasteiger partial charge in [0.05, 0.1) is 11.2 Å². The van der Waals surface area contributed by atoms with Crippen LogP contribution in [-0.4, -0.2) is 9.97 Å². The number of hydrogen-bond donors (Lipinski definition) is 0. The van der Waals surface area contributed by atoms with Crippen molar-refractivity contribution >= 4 is 10.9 Å². The fourth-order valence-corrected chi connectivity index (χ4v) is 5.01. The van der Waals surface area contributed by atoms with Gasteiger partial charge in [-0.3, -0.25) is 0 Å². The second kappa shape index (κ2) is 6.86. The Morgan fingerprint density at radius 1 is 0.625 bits per heavy atom. The minimum absolute atomic E-state index is 0.0498. The maximum Gasteiger partial charge on any atom is 0.160 e. The van der Waals surface area contributed by atoms with Gasteiger partial charge in [-0.05, 0) is 41.3 Å². The number of fused-ring (bicyclic) bond motifs is 4. The number of hydrogen-bond acceptors (Lipinski definition) is 2. The molecule has 0 fully saturated rings. The predicted octanol–water partition coefficient (Wildman–Crippen LogP) is 7.58. The van der Waals surface area contributed by atoms with E-state index in [-0.39, 0.29) is 5.41 Å². The molecule has 0 bridgehead atoms. The first kappa shape index (κ1) is 18.9. The van der Waals surface area contributed by atoms with Gasteiger partial charge in [0, 0.05) is 21.9 Å². The molecule has 0 spiro atoms. The fraction of sp³-hybridized carbons (Fsp3) is 0.133. The van der Waals surface area contributed by atoms with Crippen LogP contribution in [0.25, 0.3) is 44.7 Å². The molecule has 0 atom stereocenters. The second-order valence-corrected chi connectivity index (χ2v) is 9.21. The highest BCUT2D eigenvalue weighted by Gasteiger charge is 2.35. The molecule has 1 heterocycles. The van der Waals surface area contributed by atoms with E-state index in [1.165, 1.54) is 27.8 Å². The minimum Gasteiger partial charge on any atom is -0.228 e. The van der Waals surface area contributed by atoms with Crippen LogP contribution in [0.15, 0.2) is 91.0 Å². The van der Waals surface area contributed by atoms with Crippen LogP contribution in [0.1, 0.15) is 30.5 Å². The van der Waals surface area contributed by atoms with Gasteiger partial charge in [0.15, 0.2) is 5.82 Å². The molecule has 2 nitrogen and oxygen atoms in total. The first-order valence-electron chi connectivity index (χ1n) is 11.1. The lowest BCUT2D eigenvalue weighted by atomic mass is 9.81. The largest absolute Gasteiger partial charge is 0.228 e. The highest BCUT2D eigenvalue weighted by atomic mass is 14.9. The molecule has 0 amide bonds. The Hall–Kier alpha value is -3.78. The smallest absolute Gasteiger partial charge is 0.160 e. The normalized spacial score (nSPS) is 13.7. The summed E-state index contributed by atoms with van der Waals surface area (Å²) in [6, 6.07) is 32.2. The van der Waals surface area contributed by atoms with Gasteiger partial charge in [-0.1, -0.05) is 98.3 Å². The zero-order chi connectivity index (χ0) is 21.9. The van der Waals surface area contributed by atoms with Crippen LogP contribution in [0.2, 0.25) is 0 Å². The van der Waals surface area contributed by atoms with Gasteiger partial charge < -0.3 is 0 Å². The molecule has 0 saturated carbocycles. The number of para-hydroxylation sites is 1. The van der Waals surface area contributed by atoms with E-state index in [0.29, 0.717) is 0 Å². The van der Waals surface area contributed by atoms with Gasteiger partial charge >= 0.3 is 0 Å². The number of aromatic nitrogens is 2. The van der Waals surface area contributed by atoms with E-state index in [1.807, 2.05) is 12.1 Å². The van der Waals surface area contributed by atoms with Crippen molar-refractivity contribution in [2.24, 2.45) is 0 Å². The third kappa shape index (κ3) is 2.80. The Balaban J connectivity index is 1.56. The molecule has 0 aliphatic heterocycles. The van der Waals surface area contributed by atoms with Gasteiger partial charge in [0.1, 0.15) is 0 Å². The number of aryl methyl sites for hydroxylation is 1. The maximum atomic E-state index is 5.07. The Morgan fingerprint density at radius 3 is 2.12 bits per heavy atom. The summed E-state index contributed by atoms with van der Waals surface area (Å²) in [5, 5.41) is 1.08. The molecule has 154 valence electrons. The summed E-state index contributed by atoms with van der Waals surface area (Å²) in [4.78, 5) is 10.0. The Kier molecular flexibility index (Phi) is 4.06. The average molecular weight is 413 g/mol. The standard InChI is InChI=1S/C30H24N2/c1-19-13-15-22-23-16-14-21(18-26(23)30(2,3)25(22)17-19)29-31-27-12-8-7-11-24(27)28(32-29)20-9-5-4-6-10-20/h4-18H,1-3H3. The van der Waals surface area contributed by atoms with Crippen LogP contribution >= 0.6 is 0 Å². The van der Waals surface area contributed by atoms with E-state index in [2.05, 4.69) is 99.6 Å². The van der Waals surface area contributed by atoms with Crippen LogP contribution in [-0.2, 0) is 5.41 Å². The molecule has 6 rings (SSSR count). The monoisotopic (exact) mass is 412 g/mol. The molecule has 4 aromatic carbocycles. The highest BCUT2D eigenvalue weighted by molar-refractivity contribution is 5.94. The van der Waals surface area contributed by atoms with Gasteiger partial charge in [-0.2, -0.15) is 0 Å². The van der Waals surface area contributed by atoms with Crippen LogP contribution in [0.3, 0.4) is 0 Å². The molecule has 0 N–H and O–H groups in total. The van der Waals surface area contributed by atoms with Gasteiger partial charge in [-0.15, -0.1) is 0 Å². The van der Waals surface area contributed by atoms with Crippen LogP contribution in [0, 0.1) is 6.92 Å². The molecule has 1 aliphatic carbocycles. The van der Waals surface area contributed by atoms with Crippen molar-refractivity contribution in [3.63, 3.8) is 0 Å². The SMILES string of the molecule is Cc1ccc2c(c1)C(C)(C)c1cc(-c3nc(-c4ccccc4)c4ccccc4n3)ccc1-2. The lowest BCUT2D eigenvalue weighted by molar-refractivity contribution is 0.660. The fourth-order valence-electron chi connectivity index (χ4n) is 5.01. The number of rotatable bonds is 2. The van der Waals surface area contributed by atoms with Crippen LogP contribution < -0.4 is 0 Å². The summed E-state index contributed by atoms with van der Waals surface area (Å²) >= 11 is 0. The van der Waals surface area contributed by atoms with E-state index < -0.39 is 0 Å². The first-order valence-corrected chi connectivity index (χ1v) is 11.1. The van der Waals surface area contributed by atoms with E-state index in [1.54, 1.807) is 0 Å². The minimum atomic E-state index is -0.0498. The molecule has 0 unspecified atom stereocenters. The highest BCUT2D eigenvalue weighted by Crippen LogP contribution is 2.49. The van der Waals surface area contributed by atoms with Crippen LogP contribution in [0.5, 0.6) is 0 Å². The summed E-state index contributed by atoms with van der Waals surface area (Å²) in [6.45, 7) is 6.80. The molecule has 0 radical (unpaired) electrons. The Labute approximate surface area is 188 Å². The number of nitrogens with zero attached hydrogens (tertiary/aromatic N) is 2. The zero-order valence-corrected chi connectivity index (χ0v) is 18.6. The van der Waals surface area contributed by atoms with Crippen LogP contribution in [0.4, 0.5) is 0 Å². The summed E-state index contributed by atoms with van der Waals surface area (Å²) < 4.78 is 0. The third-order valence-corrected chi connectivity index (χ3v) is 6.74. The molecule has 1 aliphatic rings. The number of benzene rings is 4. The maximum absolute atomic E-state index is 5.07. The average Bonchev–Trinajstić information content (AvgIpc) is 3.05. The van der Waals surface area contributed by atoms with Crippen molar-refractivity contribution < 1.29 is 0 Å². The van der Waals surface area contributed by atoms with Gasteiger partial charge in [0.2, 0.25) is 0 Å². The van der Waals surface area contributed by atoms with Crippen molar-refractivity contribution in [2.45, 2.75) is 26.2 Å². The van der Waals surface area contributed by atoms with Crippen molar-refractivity contribution in [3.8, 4) is 33.8 Å². The summed E-state index contributed by atoms with van der Waals surface area (Å²) in [7, 11) is 0. The molecule has 1 aromatic heterocycles. The van der Waals surface area contributed by atoms with E-state index in [4.69, 9.17) is 9.97 Å². The summed E-state index contributed by atoms with van der Waals surface area (Å²) in [5.41, 5.74) is 10.8. The second-order valence-electron chi connectivity index (χ2n) is 9.21. The lowest BCUT2D eigenvalue weighted by Gasteiger charge is -2.22. The summed E-state index contributed by atoms with van der Waals surface area (Å²) in [6.07, 6.45) is 0. The van der Waals surface area contributed by atoms with E-state index in [9.17, 15) is 0 Å². The molecule has 5 aromatic rings. The summed E-state index contributed by atoms with van der Waals surface area (Å²) in [5.74, 6) is 0.772. The Morgan fingerprint density at radius 2 is 1.31 bits per heavy atom. The van der Waals surface area contributed by atoms with Crippen molar-refractivity contribution in [1.29, 1.82) is 0 Å². The van der Waals surface area contributed by atoms with Gasteiger partial charge in [-0.25, -0.2) is 9.97 Å². The molecular weight excluding hydrogens is 388 g/mol. The Bertz CT molecular complexity index is 1500. The topological polar surface area (TPSA) is 25.8 Å². The van der Waals surface area contributed by atoms with Crippen molar-refractivity contribution in [2.75, 3.05) is 0 Å². The molecule has 0 saturated heterocycles. The first-order chi connectivity index (χ1) is 15.5. The lowest BCUT2D eigenvalue weighted by Crippen LogP contribution is -2.15. The zero-order valence-electron chi connectivity index (χ0n) is 18.6. The predicted molar refractivity (Wildman–Crippen MR) is 133 cm³/mol. The molecular formula is C30H24N2. The van der Waals surface area contributed by atoms with Crippen molar-refractivity contribution in [3.05, 3.63) is 108 Å². The molecule has 2 heteroatoms. The third-order valence-electron chi connectivity index (χ3n) is 6.74. The van der Waals surface area contributed by atoms with Crippen molar-refractivity contribution in [1.82, 2.24) is 9.97 Å². The quantitative estimate of drug-likeness (QED) is 0.299. The molecule has 32 heavy (non-hydrogen) atoms. The van der Waals surface area contributed by atoms with Gasteiger partial charge in [0.25, 0.3) is 0 Å².